The highest BCUT2D eigenvalue weighted by Gasteiger charge is 2.36. The molecule has 4 bridgehead atoms. The van der Waals surface area contributed by atoms with Gasteiger partial charge in [-0.3, -0.25) is 14.6 Å². The van der Waals surface area contributed by atoms with Crippen LogP contribution in [-0.4, -0.2) is 46.1 Å². The van der Waals surface area contributed by atoms with E-state index in [1.165, 1.54) is 0 Å². The topological polar surface area (TPSA) is 77.6 Å². The third-order valence-electron chi connectivity index (χ3n) is 7.45. The first-order chi connectivity index (χ1) is 16.2. The van der Waals surface area contributed by atoms with E-state index in [4.69, 9.17) is 4.74 Å². The molecule has 0 saturated heterocycles. The summed E-state index contributed by atoms with van der Waals surface area (Å²) in [4.78, 5) is 31.0. The summed E-state index contributed by atoms with van der Waals surface area (Å²) < 4.78 is 10.7. The zero-order valence-corrected chi connectivity index (χ0v) is 17.8. The molecule has 0 fully saturated rings. The maximum Gasteiger partial charge on any atom is 0.190 e. The molecule has 7 nitrogen and oxygen atoms in total. The van der Waals surface area contributed by atoms with Gasteiger partial charge in [0, 0.05) is 58.0 Å². The number of allylic oxidation sites excluding steroid dienone is 1. The minimum absolute atomic E-state index is 0.103. The molecule has 2 unspecified atom stereocenters. The maximum absolute atomic E-state index is 13.6. The Morgan fingerprint density at radius 1 is 1.15 bits per heavy atom. The molecule has 0 spiro atoms. The van der Waals surface area contributed by atoms with E-state index in [-0.39, 0.29) is 17.7 Å². The van der Waals surface area contributed by atoms with Crippen LogP contribution in [0.1, 0.15) is 15.9 Å². The number of Topliss-reactive ketones (excluding diaryl/α,β-unsaturated/α-hetero) is 2. The molecule has 7 heteroatoms. The Balaban J connectivity index is 1.72. The number of rotatable bonds is 1. The number of carbonyl (C=O) groups is 2. The van der Waals surface area contributed by atoms with E-state index in [1.807, 2.05) is 18.5 Å². The SMILES string of the molecule is CNC1C(=O)C=c2c(c3c4c(c5c6ccc7cc6n6c5c3n2C/C=C\C(C6)O7)C=NC=4)C1=O. The standard InChI is InChI=1S/C26H18N4O3/c1-27-23-19(31)8-18-22(26(23)32)21-16-10-28-9-15(16)20-14-5-4-12-7-17(14)30-11-13(33-12)3-2-6-29(18)25(21)24(20)30/h2-5,7-10,13,23,27H,6,11H2,1H3/b3-2-. The minimum Gasteiger partial charge on any atom is -0.484 e. The molecule has 4 aromatic rings. The van der Waals surface area contributed by atoms with Crippen molar-refractivity contribution in [2.75, 3.05) is 7.05 Å². The van der Waals surface area contributed by atoms with Crippen molar-refractivity contribution < 1.29 is 14.3 Å². The molecule has 1 aliphatic carbocycles. The number of ether oxygens (including phenoxy) is 1. The second-order valence-corrected chi connectivity index (χ2v) is 9.06. The van der Waals surface area contributed by atoms with Gasteiger partial charge in [0.25, 0.3) is 0 Å². The molecule has 33 heavy (non-hydrogen) atoms. The number of benzene rings is 2. The Labute approximate surface area is 186 Å². The van der Waals surface area contributed by atoms with Crippen LogP contribution in [0.25, 0.3) is 45.0 Å². The van der Waals surface area contributed by atoms with E-state index in [9.17, 15) is 9.59 Å². The summed E-state index contributed by atoms with van der Waals surface area (Å²) in [6.07, 6.45) is 9.44. The van der Waals surface area contributed by atoms with Crippen LogP contribution in [0.5, 0.6) is 5.75 Å². The Hall–Kier alpha value is -3.97. The van der Waals surface area contributed by atoms with Gasteiger partial charge in [-0.1, -0.05) is 6.08 Å². The molecule has 4 aliphatic rings. The number of aromatic nitrogens is 2. The minimum atomic E-state index is -0.859. The lowest BCUT2D eigenvalue weighted by molar-refractivity contribution is -0.114. The zero-order chi connectivity index (χ0) is 22.0. The van der Waals surface area contributed by atoms with Gasteiger partial charge in [0.1, 0.15) is 17.9 Å². The highest BCUT2D eigenvalue weighted by molar-refractivity contribution is 6.33. The van der Waals surface area contributed by atoms with Crippen molar-refractivity contribution in [1.29, 1.82) is 0 Å². The second-order valence-electron chi connectivity index (χ2n) is 9.06. The van der Waals surface area contributed by atoms with Gasteiger partial charge in [-0.05, 0) is 25.3 Å². The fourth-order valence-electron chi connectivity index (χ4n) is 6.14. The van der Waals surface area contributed by atoms with Crippen molar-refractivity contribution in [3.8, 4) is 5.75 Å². The average Bonchev–Trinajstić information content (AvgIpc) is 3.46. The lowest BCUT2D eigenvalue weighted by Gasteiger charge is -2.16. The number of aliphatic imine (C=N–C) groups is 1. The molecule has 1 N–H and O–H groups in total. The summed E-state index contributed by atoms with van der Waals surface area (Å²) in [5.74, 6) is 0.466. The van der Waals surface area contributed by atoms with Crippen molar-refractivity contribution in [2.24, 2.45) is 4.99 Å². The fraction of sp³-hybridized carbons (Fsp3) is 0.192. The Kier molecular flexibility index (Phi) is 3.03. The van der Waals surface area contributed by atoms with Gasteiger partial charge in [0.2, 0.25) is 0 Å². The van der Waals surface area contributed by atoms with Crippen LogP contribution in [0.3, 0.4) is 0 Å². The molecule has 2 aromatic carbocycles. The highest BCUT2D eigenvalue weighted by Crippen LogP contribution is 2.40. The first-order valence-corrected chi connectivity index (χ1v) is 11.1. The van der Waals surface area contributed by atoms with Gasteiger partial charge < -0.3 is 19.2 Å². The number of ketones is 2. The van der Waals surface area contributed by atoms with Crippen molar-refractivity contribution in [3.63, 3.8) is 0 Å². The fourth-order valence-corrected chi connectivity index (χ4v) is 6.14. The third-order valence-corrected chi connectivity index (χ3v) is 7.45. The molecule has 5 heterocycles. The van der Waals surface area contributed by atoms with Crippen molar-refractivity contribution in [2.45, 2.75) is 25.2 Å². The lowest BCUT2D eigenvalue weighted by Crippen LogP contribution is -2.47. The van der Waals surface area contributed by atoms with Gasteiger partial charge >= 0.3 is 0 Å². The number of hydrogen-bond acceptors (Lipinski definition) is 5. The smallest absolute Gasteiger partial charge is 0.190 e. The second kappa shape index (κ2) is 5.68. The number of nitrogens with zero attached hydrogens (tertiary/aromatic N) is 3. The molecule has 0 amide bonds. The number of nitrogens with one attached hydrogen (secondary N) is 1. The predicted molar refractivity (Wildman–Crippen MR) is 126 cm³/mol. The molecule has 2 aromatic heterocycles. The lowest BCUT2D eigenvalue weighted by atomic mass is 9.92. The van der Waals surface area contributed by atoms with Gasteiger partial charge in [-0.25, -0.2) is 0 Å². The van der Waals surface area contributed by atoms with Crippen molar-refractivity contribution >= 4 is 62.8 Å². The van der Waals surface area contributed by atoms with Crippen LogP contribution in [0.2, 0.25) is 0 Å². The first kappa shape index (κ1) is 17.6. The highest BCUT2D eigenvalue weighted by atomic mass is 16.5. The third kappa shape index (κ3) is 1.94. The van der Waals surface area contributed by atoms with Gasteiger partial charge in [0.15, 0.2) is 11.6 Å². The van der Waals surface area contributed by atoms with E-state index in [2.05, 4.69) is 43.7 Å². The molecule has 160 valence electrons. The average molecular weight is 434 g/mol. The van der Waals surface area contributed by atoms with E-state index in [0.717, 1.165) is 49.2 Å². The number of hydrogen-bond donors (Lipinski definition) is 1. The van der Waals surface area contributed by atoms with E-state index >= 15 is 0 Å². The monoisotopic (exact) mass is 434 g/mol. The first-order valence-electron chi connectivity index (χ1n) is 11.1. The Bertz CT molecular complexity index is 1830. The molecule has 2 atom stereocenters. The zero-order valence-electron chi connectivity index (χ0n) is 17.8. The van der Waals surface area contributed by atoms with Crippen molar-refractivity contribution in [3.05, 3.63) is 52.0 Å². The summed E-state index contributed by atoms with van der Waals surface area (Å²) in [7, 11) is 1.66. The normalized spacial score (nSPS) is 22.9. The van der Waals surface area contributed by atoms with Crippen LogP contribution in [0.4, 0.5) is 0 Å². The van der Waals surface area contributed by atoms with E-state index in [1.54, 1.807) is 13.1 Å². The van der Waals surface area contributed by atoms with Gasteiger partial charge in [0.05, 0.1) is 34.0 Å². The van der Waals surface area contributed by atoms with Crippen LogP contribution in [0.15, 0.2) is 35.3 Å². The molecule has 0 radical (unpaired) electrons. The summed E-state index contributed by atoms with van der Waals surface area (Å²) >= 11 is 0. The quantitative estimate of drug-likeness (QED) is 0.363. The maximum atomic E-state index is 13.6. The number of fused-ring (bicyclic) bond motifs is 9. The summed E-state index contributed by atoms with van der Waals surface area (Å²) in [5.41, 5.74) is 4.80. The number of likely N-dealkylation sites (N-methyl/N-ethyl adjacent to an activating group) is 1. The molecular formula is C26H18N4O3. The van der Waals surface area contributed by atoms with E-state index < -0.39 is 6.04 Å². The van der Waals surface area contributed by atoms with E-state index in [0.29, 0.717) is 24.0 Å². The summed E-state index contributed by atoms with van der Waals surface area (Å²) in [6.45, 7) is 1.22. The molecular weight excluding hydrogens is 416 g/mol. The van der Waals surface area contributed by atoms with Gasteiger partial charge in [-0.2, -0.15) is 0 Å². The van der Waals surface area contributed by atoms with Gasteiger partial charge in [-0.15, -0.1) is 0 Å². The molecule has 0 saturated carbocycles. The van der Waals surface area contributed by atoms with Crippen LogP contribution >= 0.6 is 0 Å². The van der Waals surface area contributed by atoms with Crippen LogP contribution < -0.4 is 20.6 Å². The van der Waals surface area contributed by atoms with Crippen molar-refractivity contribution in [1.82, 2.24) is 14.5 Å². The Morgan fingerprint density at radius 2 is 2.03 bits per heavy atom. The predicted octanol–water partition coefficient (Wildman–Crippen LogP) is 1.38. The molecule has 8 rings (SSSR count). The van der Waals surface area contributed by atoms with Crippen LogP contribution in [-0.2, 0) is 17.9 Å². The summed E-state index contributed by atoms with van der Waals surface area (Å²) in [6, 6.07) is 5.39. The summed E-state index contributed by atoms with van der Waals surface area (Å²) in [5, 5.41) is 7.71. The largest absolute Gasteiger partial charge is 0.484 e. The number of carbonyl (C=O) groups excluding carboxylic acids is 2. The van der Waals surface area contributed by atoms with Crippen LogP contribution in [0, 0.1) is 0 Å². The molecule has 3 aliphatic heterocycles. The Morgan fingerprint density at radius 3 is 2.91 bits per heavy atom.